The van der Waals surface area contributed by atoms with E-state index >= 15 is 0 Å². The monoisotopic (exact) mass is 558 g/mol. The Labute approximate surface area is 246 Å². The van der Waals surface area contributed by atoms with Gasteiger partial charge in [-0.3, -0.25) is 0 Å². The van der Waals surface area contributed by atoms with Crippen LogP contribution in [0.2, 0.25) is 19.6 Å². The van der Waals surface area contributed by atoms with Gasteiger partial charge >= 0.3 is 0 Å². The van der Waals surface area contributed by atoms with Crippen molar-refractivity contribution in [3.8, 4) is 45.3 Å². The molecule has 0 saturated carbocycles. The van der Waals surface area contributed by atoms with Crippen LogP contribution >= 0.6 is 0 Å². The van der Waals surface area contributed by atoms with Gasteiger partial charge in [-0.15, -0.1) is 0 Å². The van der Waals surface area contributed by atoms with Crippen molar-refractivity contribution in [2.24, 2.45) is 0 Å². The molecule has 7 aromatic carbocycles. The summed E-state index contributed by atoms with van der Waals surface area (Å²) in [6.45, 7) is 7.35. The third kappa shape index (κ3) is 3.85. The number of para-hydroxylation sites is 2. The minimum Gasteiger partial charge on any atom is -0.449 e. The summed E-state index contributed by atoms with van der Waals surface area (Å²) < 4.78 is 12.7. The molecule has 0 fully saturated rings. The molecule has 0 saturated heterocycles. The van der Waals surface area contributed by atoms with Gasteiger partial charge in [-0.1, -0.05) is 129 Å². The molecule has 0 radical (unpaired) electrons. The third-order valence-electron chi connectivity index (χ3n) is 8.41. The molecule has 0 atom stereocenters. The van der Waals surface area contributed by atoms with E-state index in [9.17, 15) is 0 Å². The van der Waals surface area contributed by atoms with E-state index in [2.05, 4.69) is 123 Å². The van der Waals surface area contributed by atoms with Crippen LogP contribution < -0.4 is 14.7 Å². The van der Waals surface area contributed by atoms with Gasteiger partial charge in [0, 0.05) is 5.39 Å². The van der Waals surface area contributed by atoms with Crippen LogP contribution in [-0.4, -0.2) is 8.07 Å². The molecule has 8 rings (SSSR count). The first-order valence-electron chi connectivity index (χ1n) is 14.5. The lowest BCUT2D eigenvalue weighted by Gasteiger charge is -2.25. The highest BCUT2D eigenvalue weighted by atomic mass is 28.3. The molecule has 0 bridgehead atoms. The van der Waals surface area contributed by atoms with Gasteiger partial charge in [0.25, 0.3) is 0 Å². The number of benzene rings is 7. The Kier molecular flexibility index (Phi) is 5.53. The number of rotatable bonds is 3. The largest absolute Gasteiger partial charge is 0.449 e. The van der Waals surface area contributed by atoms with E-state index in [4.69, 9.17) is 9.47 Å². The summed E-state index contributed by atoms with van der Waals surface area (Å²) in [7, 11) is -1.62. The van der Waals surface area contributed by atoms with Crippen LogP contribution in [0, 0.1) is 0 Å². The van der Waals surface area contributed by atoms with Gasteiger partial charge in [0.1, 0.15) is 0 Å². The highest BCUT2D eigenvalue weighted by Crippen LogP contribution is 2.51. The Hall–Kier alpha value is -4.86. The average Bonchev–Trinajstić information content (AvgIpc) is 3.02. The van der Waals surface area contributed by atoms with E-state index in [-0.39, 0.29) is 0 Å². The Balaban J connectivity index is 1.31. The molecule has 3 heteroatoms. The van der Waals surface area contributed by atoms with Crippen molar-refractivity contribution >= 4 is 45.6 Å². The van der Waals surface area contributed by atoms with Gasteiger partial charge in [0.15, 0.2) is 23.0 Å². The molecular formula is C39H30O2Si. The van der Waals surface area contributed by atoms with Crippen molar-refractivity contribution in [2.45, 2.75) is 19.6 Å². The lowest BCUT2D eigenvalue weighted by Crippen LogP contribution is -2.38. The van der Waals surface area contributed by atoms with E-state index in [0.29, 0.717) is 0 Å². The topological polar surface area (TPSA) is 18.5 Å². The summed E-state index contributed by atoms with van der Waals surface area (Å²) >= 11 is 0. The fraction of sp³-hybridized carbons (Fsp3) is 0.0769. The second kappa shape index (κ2) is 9.33. The predicted molar refractivity (Wildman–Crippen MR) is 179 cm³/mol. The Bertz CT molecular complexity index is 2110. The SMILES string of the molecule is C[Si](C)(C)c1c2ccccc2c(-c2ccc(-c3cc4c(c5ccccc35)Oc3ccccc3O4)cc2)c2ccccc12. The molecule has 0 aliphatic carbocycles. The summed E-state index contributed by atoms with van der Waals surface area (Å²) in [5.41, 5.74) is 4.80. The number of ether oxygens (including phenoxy) is 2. The summed E-state index contributed by atoms with van der Waals surface area (Å²) in [5.74, 6) is 2.99. The van der Waals surface area contributed by atoms with Crippen molar-refractivity contribution in [3.05, 3.63) is 127 Å². The maximum atomic E-state index is 6.35. The number of fused-ring (bicyclic) bond motifs is 6. The van der Waals surface area contributed by atoms with Gasteiger partial charge in [-0.05, 0) is 72.6 Å². The minimum atomic E-state index is -1.62. The molecule has 0 amide bonds. The molecule has 0 N–H and O–H groups in total. The average molecular weight is 559 g/mol. The quantitative estimate of drug-likeness (QED) is 0.159. The number of hydrogen-bond donors (Lipinski definition) is 0. The van der Waals surface area contributed by atoms with Crippen molar-refractivity contribution in [1.82, 2.24) is 0 Å². The molecule has 2 nitrogen and oxygen atoms in total. The Morgan fingerprint density at radius 1 is 0.429 bits per heavy atom. The zero-order valence-electron chi connectivity index (χ0n) is 23.9. The third-order valence-corrected chi connectivity index (χ3v) is 10.4. The van der Waals surface area contributed by atoms with Crippen LogP contribution in [0.3, 0.4) is 0 Å². The normalized spacial score (nSPS) is 12.5. The van der Waals surface area contributed by atoms with Crippen LogP contribution in [0.4, 0.5) is 0 Å². The second-order valence-corrected chi connectivity index (χ2v) is 17.1. The predicted octanol–water partition coefficient (Wildman–Crippen LogP) is 10.9. The van der Waals surface area contributed by atoms with E-state index < -0.39 is 8.07 Å². The summed E-state index contributed by atoms with van der Waals surface area (Å²) in [5, 5.41) is 9.14. The van der Waals surface area contributed by atoms with Gasteiger partial charge in [0.2, 0.25) is 0 Å². The first kappa shape index (κ1) is 24.9. The molecular weight excluding hydrogens is 529 g/mol. The first-order valence-corrected chi connectivity index (χ1v) is 18.0. The summed E-state index contributed by atoms with van der Waals surface area (Å²) in [6.07, 6.45) is 0. The van der Waals surface area contributed by atoms with Crippen LogP contribution in [0.1, 0.15) is 0 Å². The van der Waals surface area contributed by atoms with Crippen molar-refractivity contribution < 1.29 is 9.47 Å². The first-order chi connectivity index (χ1) is 20.5. The zero-order chi connectivity index (χ0) is 28.4. The van der Waals surface area contributed by atoms with E-state index in [1.54, 1.807) is 5.19 Å². The second-order valence-electron chi connectivity index (χ2n) is 12.1. The minimum absolute atomic E-state index is 0.738. The van der Waals surface area contributed by atoms with E-state index in [0.717, 1.165) is 44.9 Å². The summed E-state index contributed by atoms with van der Waals surface area (Å²) in [4.78, 5) is 0. The Morgan fingerprint density at radius 2 is 0.905 bits per heavy atom. The fourth-order valence-corrected chi connectivity index (χ4v) is 8.71. The maximum Gasteiger partial charge on any atom is 0.177 e. The molecule has 0 spiro atoms. The lowest BCUT2D eigenvalue weighted by atomic mass is 9.90. The highest BCUT2D eigenvalue weighted by Gasteiger charge is 2.25. The van der Waals surface area contributed by atoms with Gasteiger partial charge in [-0.2, -0.15) is 0 Å². The maximum absolute atomic E-state index is 6.35. The molecule has 7 aromatic rings. The van der Waals surface area contributed by atoms with Crippen LogP contribution in [0.15, 0.2) is 127 Å². The van der Waals surface area contributed by atoms with Crippen molar-refractivity contribution in [1.29, 1.82) is 0 Å². The fourth-order valence-electron chi connectivity index (χ4n) is 6.65. The van der Waals surface area contributed by atoms with Crippen LogP contribution in [0.25, 0.3) is 54.6 Å². The van der Waals surface area contributed by atoms with Crippen LogP contribution in [0.5, 0.6) is 23.0 Å². The zero-order valence-corrected chi connectivity index (χ0v) is 24.9. The van der Waals surface area contributed by atoms with Gasteiger partial charge < -0.3 is 9.47 Å². The standard InChI is InChI=1S/C39H30O2Si/c1-42(2,3)39-31-16-8-5-13-28(31)37(29-14-6-9-17-32(29)39)26-22-20-25(21-23-26)33-24-36-38(30-15-7-4-12-27(30)33)41-35-19-11-10-18-34(35)40-36/h4-24H,1-3H3. The molecule has 42 heavy (non-hydrogen) atoms. The molecule has 0 unspecified atom stereocenters. The molecule has 1 aliphatic heterocycles. The van der Waals surface area contributed by atoms with Gasteiger partial charge in [0.05, 0.1) is 8.07 Å². The molecule has 1 heterocycles. The summed E-state index contributed by atoms with van der Waals surface area (Å²) in [6, 6.07) is 45.3. The van der Waals surface area contributed by atoms with E-state index in [1.165, 1.54) is 32.7 Å². The Morgan fingerprint density at radius 3 is 1.50 bits per heavy atom. The van der Waals surface area contributed by atoms with Crippen LogP contribution in [-0.2, 0) is 0 Å². The molecule has 0 aromatic heterocycles. The number of hydrogen-bond acceptors (Lipinski definition) is 2. The van der Waals surface area contributed by atoms with Crippen molar-refractivity contribution in [3.63, 3.8) is 0 Å². The van der Waals surface area contributed by atoms with Gasteiger partial charge in [-0.25, -0.2) is 0 Å². The van der Waals surface area contributed by atoms with Crippen molar-refractivity contribution in [2.75, 3.05) is 0 Å². The molecule has 202 valence electrons. The molecule has 1 aliphatic rings. The lowest BCUT2D eigenvalue weighted by molar-refractivity contribution is 0.363. The smallest absolute Gasteiger partial charge is 0.177 e. The van der Waals surface area contributed by atoms with E-state index in [1.807, 2.05) is 24.3 Å². The highest BCUT2D eigenvalue weighted by molar-refractivity contribution is 6.92.